The van der Waals surface area contributed by atoms with Gasteiger partial charge in [-0.1, -0.05) is 53.2 Å². The second kappa shape index (κ2) is 9.58. The lowest BCUT2D eigenvalue weighted by atomic mass is 10.1. The molecule has 3 aromatic carbocycles. The lowest BCUT2D eigenvalue weighted by molar-refractivity contribution is -0.118. The van der Waals surface area contributed by atoms with E-state index in [9.17, 15) is 4.79 Å². The largest absolute Gasteiger partial charge is 0.485 e. The highest BCUT2D eigenvalue weighted by atomic mass is 16.5. The molecule has 1 N–H and O–H groups in total. The third kappa shape index (κ3) is 5.48. The first kappa shape index (κ1) is 20.2. The molecule has 0 radical (unpaired) electrons. The number of anilines is 1. The Bertz CT molecular complexity index is 1140. The van der Waals surface area contributed by atoms with Crippen molar-refractivity contribution in [1.29, 1.82) is 0 Å². The predicted molar refractivity (Wildman–Crippen MR) is 116 cm³/mol. The van der Waals surface area contributed by atoms with Crippen molar-refractivity contribution in [2.75, 3.05) is 11.9 Å². The Morgan fingerprint density at radius 2 is 1.61 bits per heavy atom. The molecular formula is C24H21N3O4. The monoisotopic (exact) mass is 415 g/mol. The Balaban J connectivity index is 1.39. The molecule has 7 nitrogen and oxygen atoms in total. The summed E-state index contributed by atoms with van der Waals surface area (Å²) >= 11 is 0. The summed E-state index contributed by atoms with van der Waals surface area (Å²) in [6.45, 7) is 2.05. The van der Waals surface area contributed by atoms with Gasteiger partial charge < -0.3 is 19.3 Å². The van der Waals surface area contributed by atoms with Crippen LogP contribution in [0.4, 0.5) is 5.69 Å². The normalized spacial score (nSPS) is 10.5. The third-order valence-electron chi connectivity index (χ3n) is 4.40. The third-order valence-corrected chi connectivity index (χ3v) is 4.40. The van der Waals surface area contributed by atoms with Gasteiger partial charge in [0.15, 0.2) is 13.2 Å². The van der Waals surface area contributed by atoms with Crippen molar-refractivity contribution in [3.63, 3.8) is 0 Å². The molecule has 0 fully saturated rings. The van der Waals surface area contributed by atoms with Gasteiger partial charge in [-0.15, -0.1) is 0 Å². The first-order valence-corrected chi connectivity index (χ1v) is 9.76. The number of carbonyl (C=O) groups excluding carboxylic acids is 1. The van der Waals surface area contributed by atoms with Crippen LogP contribution in [0.1, 0.15) is 11.4 Å². The molecule has 7 heteroatoms. The van der Waals surface area contributed by atoms with Crippen molar-refractivity contribution in [3.8, 4) is 23.0 Å². The Hall–Kier alpha value is -4.13. The zero-order valence-corrected chi connectivity index (χ0v) is 16.9. The minimum absolute atomic E-state index is 0.114. The maximum atomic E-state index is 12.4. The lowest BCUT2D eigenvalue weighted by Crippen LogP contribution is -2.20. The van der Waals surface area contributed by atoms with Gasteiger partial charge in [0.1, 0.15) is 11.5 Å². The molecule has 0 unspecified atom stereocenters. The van der Waals surface area contributed by atoms with Gasteiger partial charge in [-0.3, -0.25) is 4.79 Å². The van der Waals surface area contributed by atoms with E-state index in [0.29, 0.717) is 28.7 Å². The summed E-state index contributed by atoms with van der Waals surface area (Å²) in [6, 6.07) is 24.1. The molecule has 31 heavy (non-hydrogen) atoms. The number of amides is 1. The highest BCUT2D eigenvalue weighted by Crippen LogP contribution is 2.26. The Kier molecular flexibility index (Phi) is 6.23. The molecule has 0 atom stereocenters. The van der Waals surface area contributed by atoms with Gasteiger partial charge in [0.05, 0.1) is 11.3 Å². The second-order valence-electron chi connectivity index (χ2n) is 6.81. The van der Waals surface area contributed by atoms with E-state index >= 15 is 0 Å². The van der Waals surface area contributed by atoms with Crippen LogP contribution in [0.15, 0.2) is 83.4 Å². The molecule has 0 bridgehead atoms. The van der Waals surface area contributed by atoms with Crippen LogP contribution in [0.2, 0.25) is 0 Å². The summed E-state index contributed by atoms with van der Waals surface area (Å²) in [7, 11) is 0. The van der Waals surface area contributed by atoms with Crippen LogP contribution in [0.25, 0.3) is 11.5 Å². The van der Waals surface area contributed by atoms with E-state index in [1.165, 1.54) is 0 Å². The van der Waals surface area contributed by atoms with Crippen LogP contribution in [-0.2, 0) is 11.4 Å². The van der Waals surface area contributed by atoms with E-state index in [1.54, 1.807) is 12.1 Å². The van der Waals surface area contributed by atoms with Crippen molar-refractivity contribution in [1.82, 2.24) is 10.1 Å². The first-order valence-electron chi connectivity index (χ1n) is 9.76. The molecule has 0 saturated carbocycles. The topological polar surface area (TPSA) is 86.5 Å². The number of rotatable bonds is 8. The Morgan fingerprint density at radius 1 is 0.903 bits per heavy atom. The zero-order valence-electron chi connectivity index (χ0n) is 16.9. The lowest BCUT2D eigenvalue weighted by Gasteiger charge is -2.10. The summed E-state index contributed by atoms with van der Waals surface area (Å²) in [6.07, 6.45) is 0. The van der Waals surface area contributed by atoms with Crippen molar-refractivity contribution in [2.24, 2.45) is 0 Å². The fourth-order valence-electron chi connectivity index (χ4n) is 2.83. The van der Waals surface area contributed by atoms with Crippen LogP contribution in [0.3, 0.4) is 0 Å². The number of ether oxygens (including phenoxy) is 2. The molecular weight excluding hydrogens is 394 g/mol. The van der Waals surface area contributed by atoms with E-state index in [2.05, 4.69) is 15.5 Å². The Labute approximate surface area is 179 Å². The molecule has 1 aromatic heterocycles. The van der Waals surface area contributed by atoms with Crippen molar-refractivity contribution in [2.45, 2.75) is 13.5 Å². The molecule has 0 saturated heterocycles. The van der Waals surface area contributed by atoms with E-state index in [0.717, 1.165) is 11.3 Å². The molecule has 0 aliphatic heterocycles. The average molecular weight is 415 g/mol. The van der Waals surface area contributed by atoms with Gasteiger partial charge in [0.2, 0.25) is 5.82 Å². The fourth-order valence-corrected chi connectivity index (χ4v) is 2.83. The summed E-state index contributed by atoms with van der Waals surface area (Å²) in [5.41, 5.74) is 2.29. The highest BCUT2D eigenvalue weighted by molar-refractivity contribution is 5.95. The van der Waals surface area contributed by atoms with E-state index in [4.69, 9.17) is 14.0 Å². The number of nitrogens with one attached hydrogen (secondary N) is 1. The summed E-state index contributed by atoms with van der Waals surface area (Å²) in [5, 5.41) is 6.80. The number of hydrogen-bond donors (Lipinski definition) is 1. The van der Waals surface area contributed by atoms with E-state index in [1.807, 2.05) is 73.7 Å². The molecule has 4 rings (SSSR count). The molecule has 0 aliphatic rings. The van der Waals surface area contributed by atoms with Crippen LogP contribution in [0, 0.1) is 6.92 Å². The summed E-state index contributed by atoms with van der Waals surface area (Å²) in [4.78, 5) is 16.8. The van der Waals surface area contributed by atoms with Crippen LogP contribution < -0.4 is 14.8 Å². The van der Waals surface area contributed by atoms with Crippen molar-refractivity contribution in [3.05, 3.63) is 90.3 Å². The van der Waals surface area contributed by atoms with Gasteiger partial charge in [0, 0.05) is 0 Å². The fraction of sp³-hybridized carbons (Fsp3) is 0.125. The number of nitrogens with zero attached hydrogens (tertiary/aromatic N) is 2. The van der Waals surface area contributed by atoms with Crippen LogP contribution in [0.5, 0.6) is 11.5 Å². The van der Waals surface area contributed by atoms with Gasteiger partial charge in [-0.25, -0.2) is 0 Å². The molecule has 4 aromatic rings. The van der Waals surface area contributed by atoms with Crippen molar-refractivity contribution >= 4 is 11.6 Å². The van der Waals surface area contributed by atoms with Crippen LogP contribution >= 0.6 is 0 Å². The minimum atomic E-state index is -0.292. The van der Waals surface area contributed by atoms with Gasteiger partial charge in [-0.2, -0.15) is 4.98 Å². The molecule has 1 amide bonds. The molecule has 1 heterocycles. The Morgan fingerprint density at radius 3 is 2.42 bits per heavy atom. The molecule has 0 spiro atoms. The SMILES string of the molecule is Cc1ccc(OCC(=O)Nc2ccccc2-c2nc(COc3ccccc3)no2)cc1. The number of aromatic nitrogens is 2. The van der Waals surface area contributed by atoms with Crippen molar-refractivity contribution < 1.29 is 18.8 Å². The van der Waals surface area contributed by atoms with E-state index < -0.39 is 0 Å². The number of aryl methyl sites for hydroxylation is 1. The highest BCUT2D eigenvalue weighted by Gasteiger charge is 2.15. The van der Waals surface area contributed by atoms with Gasteiger partial charge >= 0.3 is 0 Å². The molecule has 156 valence electrons. The zero-order chi connectivity index (χ0) is 21.5. The average Bonchev–Trinajstić information content (AvgIpc) is 3.27. The second-order valence-corrected chi connectivity index (χ2v) is 6.81. The van der Waals surface area contributed by atoms with Gasteiger partial charge in [0.25, 0.3) is 11.8 Å². The van der Waals surface area contributed by atoms with Gasteiger partial charge in [-0.05, 0) is 43.3 Å². The summed E-state index contributed by atoms with van der Waals surface area (Å²) < 4.78 is 16.6. The molecule has 0 aliphatic carbocycles. The smallest absolute Gasteiger partial charge is 0.262 e. The standard InChI is InChI=1S/C24H21N3O4/c1-17-11-13-19(14-12-17)30-16-23(28)25-21-10-6-5-9-20(21)24-26-22(27-31-24)15-29-18-7-3-2-4-8-18/h2-14H,15-16H2,1H3,(H,25,28). The quantitative estimate of drug-likeness (QED) is 0.451. The summed E-state index contributed by atoms with van der Waals surface area (Å²) in [5.74, 6) is 1.76. The number of para-hydroxylation sites is 2. The maximum Gasteiger partial charge on any atom is 0.262 e. The number of carbonyl (C=O) groups is 1. The van der Waals surface area contributed by atoms with E-state index in [-0.39, 0.29) is 19.1 Å². The first-order chi connectivity index (χ1) is 15.2. The predicted octanol–water partition coefficient (Wildman–Crippen LogP) is 4.64. The minimum Gasteiger partial charge on any atom is -0.485 e. The number of hydrogen-bond acceptors (Lipinski definition) is 6. The maximum absolute atomic E-state index is 12.4. The number of benzene rings is 3. The van der Waals surface area contributed by atoms with Crippen LogP contribution in [-0.4, -0.2) is 22.7 Å².